The number of halogens is 2. The van der Waals surface area contributed by atoms with Gasteiger partial charge in [0.05, 0.1) is 27.7 Å². The molecule has 0 bridgehead atoms. The minimum absolute atomic E-state index is 0.0140. The first-order valence-electron chi connectivity index (χ1n) is 12.2. The van der Waals surface area contributed by atoms with Crippen molar-refractivity contribution in [3.63, 3.8) is 0 Å². The molecule has 206 valence electrons. The lowest BCUT2D eigenvalue weighted by atomic mass is 10.0. The third-order valence-electron chi connectivity index (χ3n) is 6.60. The fourth-order valence-electron chi connectivity index (χ4n) is 4.68. The summed E-state index contributed by atoms with van der Waals surface area (Å²) >= 11 is 6.23. The summed E-state index contributed by atoms with van der Waals surface area (Å²) in [4.78, 5) is 21.2. The van der Waals surface area contributed by atoms with Crippen LogP contribution in [0.4, 0.5) is 4.39 Å². The molecule has 0 fully saturated rings. The Balaban J connectivity index is 1.50. The van der Waals surface area contributed by atoms with E-state index in [0.29, 0.717) is 33.1 Å². The fourth-order valence-corrected chi connectivity index (χ4v) is 5.39. The number of benzene rings is 3. The second-order valence-electron chi connectivity index (χ2n) is 9.25. The number of pyridine rings is 1. The molecule has 3 aromatic heterocycles. The highest BCUT2D eigenvalue weighted by Gasteiger charge is 2.23. The highest BCUT2D eigenvalue weighted by Crippen LogP contribution is 2.32. The molecule has 0 saturated heterocycles. The number of nitrogens with one attached hydrogen (secondary N) is 1. The molecule has 0 aliphatic rings. The molecule has 11 nitrogen and oxygen atoms in total. The molecule has 3 heterocycles. The number of hydrogen-bond donors (Lipinski definition) is 2. The highest BCUT2D eigenvalue weighted by atomic mass is 35.5. The van der Waals surface area contributed by atoms with Crippen LogP contribution in [0, 0.1) is 5.82 Å². The first-order valence-corrected chi connectivity index (χ1v) is 14.1. The van der Waals surface area contributed by atoms with Crippen molar-refractivity contribution in [2.45, 2.75) is 17.4 Å². The quantitative estimate of drug-likeness (QED) is 0.288. The SMILES string of the molecule is NS(=O)(=O)c1ccc2nc(C(Cc3ccccc3)n3cc(F)c(-c4cc(Cl)ccc4-n4cnnn4)cc3=O)[nH]c2c1. The Morgan fingerprint density at radius 2 is 1.83 bits per heavy atom. The number of nitrogens with two attached hydrogens (primary N) is 1. The number of nitrogens with zero attached hydrogens (tertiary/aromatic N) is 6. The minimum Gasteiger partial charge on any atom is -0.340 e. The maximum Gasteiger partial charge on any atom is 0.252 e. The van der Waals surface area contributed by atoms with Gasteiger partial charge < -0.3 is 9.55 Å². The fraction of sp³-hybridized carbons (Fsp3) is 0.0741. The molecule has 0 spiro atoms. The molecule has 3 N–H and O–H groups in total. The zero-order chi connectivity index (χ0) is 28.7. The molecule has 41 heavy (non-hydrogen) atoms. The van der Waals surface area contributed by atoms with Crippen LogP contribution in [-0.2, 0) is 16.4 Å². The molecule has 0 aliphatic heterocycles. The van der Waals surface area contributed by atoms with Crippen LogP contribution in [0.15, 0.2) is 95.0 Å². The zero-order valence-corrected chi connectivity index (χ0v) is 22.6. The van der Waals surface area contributed by atoms with Gasteiger partial charge in [-0.3, -0.25) is 4.79 Å². The minimum atomic E-state index is -3.95. The first-order chi connectivity index (χ1) is 19.7. The topological polar surface area (TPSA) is 154 Å². The van der Waals surface area contributed by atoms with Crippen molar-refractivity contribution >= 4 is 32.7 Å². The average Bonchev–Trinajstić information content (AvgIpc) is 3.63. The average molecular weight is 591 g/mol. The number of aromatic amines is 1. The highest BCUT2D eigenvalue weighted by molar-refractivity contribution is 7.89. The molecule has 0 amide bonds. The van der Waals surface area contributed by atoms with Crippen molar-refractivity contribution < 1.29 is 12.8 Å². The Bertz CT molecular complexity index is 2060. The van der Waals surface area contributed by atoms with Crippen molar-refractivity contribution in [3.05, 3.63) is 118 Å². The number of hydrogen-bond acceptors (Lipinski definition) is 7. The van der Waals surface area contributed by atoms with E-state index >= 15 is 4.39 Å². The number of fused-ring (bicyclic) bond motifs is 1. The summed E-state index contributed by atoms with van der Waals surface area (Å²) in [6.45, 7) is 0. The largest absolute Gasteiger partial charge is 0.340 e. The molecule has 14 heteroatoms. The Morgan fingerprint density at radius 1 is 1.02 bits per heavy atom. The summed E-state index contributed by atoms with van der Waals surface area (Å²) in [5.74, 6) is -0.353. The van der Waals surface area contributed by atoms with Crippen LogP contribution in [-0.4, -0.2) is 43.2 Å². The first kappa shape index (κ1) is 26.5. The van der Waals surface area contributed by atoms with E-state index in [9.17, 15) is 13.2 Å². The van der Waals surface area contributed by atoms with Gasteiger partial charge in [0.1, 0.15) is 18.0 Å². The van der Waals surface area contributed by atoms with Crippen LogP contribution in [0.3, 0.4) is 0 Å². The van der Waals surface area contributed by atoms with E-state index in [2.05, 4.69) is 25.5 Å². The van der Waals surface area contributed by atoms with E-state index in [4.69, 9.17) is 16.7 Å². The lowest BCUT2D eigenvalue weighted by Crippen LogP contribution is -2.28. The van der Waals surface area contributed by atoms with E-state index in [-0.39, 0.29) is 16.9 Å². The van der Waals surface area contributed by atoms with Crippen LogP contribution >= 0.6 is 11.6 Å². The van der Waals surface area contributed by atoms with Gasteiger partial charge in [0.15, 0.2) is 0 Å². The Morgan fingerprint density at radius 3 is 2.56 bits per heavy atom. The predicted molar refractivity (Wildman–Crippen MR) is 150 cm³/mol. The molecule has 6 aromatic rings. The van der Waals surface area contributed by atoms with E-state index in [1.807, 2.05) is 30.3 Å². The number of primary sulfonamides is 1. The third kappa shape index (κ3) is 5.25. The Labute approximate surface area is 237 Å². The summed E-state index contributed by atoms with van der Waals surface area (Å²) in [6, 6.07) is 18.8. The van der Waals surface area contributed by atoms with Gasteiger partial charge in [-0.25, -0.2) is 22.9 Å². The van der Waals surface area contributed by atoms with E-state index in [1.165, 1.54) is 45.9 Å². The van der Waals surface area contributed by atoms with E-state index in [0.717, 1.165) is 11.8 Å². The van der Waals surface area contributed by atoms with Gasteiger partial charge in [-0.1, -0.05) is 41.9 Å². The van der Waals surface area contributed by atoms with Crippen LogP contribution < -0.4 is 10.7 Å². The normalized spacial score (nSPS) is 12.6. The monoisotopic (exact) mass is 590 g/mol. The molecular formula is C27H20ClFN8O3S. The lowest BCUT2D eigenvalue weighted by molar-refractivity contribution is 0.512. The number of imidazole rings is 1. The number of aromatic nitrogens is 7. The van der Waals surface area contributed by atoms with Gasteiger partial charge in [-0.15, -0.1) is 5.10 Å². The molecule has 1 unspecified atom stereocenters. The van der Waals surface area contributed by atoms with Crippen LogP contribution in [0.2, 0.25) is 5.02 Å². The van der Waals surface area contributed by atoms with Crippen molar-refractivity contribution in [1.29, 1.82) is 0 Å². The maximum atomic E-state index is 15.9. The molecule has 3 aromatic carbocycles. The van der Waals surface area contributed by atoms with Gasteiger partial charge in [0.2, 0.25) is 10.0 Å². The van der Waals surface area contributed by atoms with Crippen LogP contribution in [0.25, 0.3) is 27.8 Å². The van der Waals surface area contributed by atoms with E-state index in [1.54, 1.807) is 12.1 Å². The maximum absolute atomic E-state index is 15.9. The molecule has 0 aliphatic carbocycles. The summed E-state index contributed by atoms with van der Waals surface area (Å²) in [5.41, 5.74) is 2.00. The van der Waals surface area contributed by atoms with Gasteiger partial charge in [-0.2, -0.15) is 4.68 Å². The molecule has 0 saturated carbocycles. The summed E-state index contributed by atoms with van der Waals surface area (Å²) < 4.78 is 42.2. The standard InChI is InChI=1S/C27H20ClFN8O3S/c28-17-6-9-24(37-15-31-34-35-37)20(11-17)19-13-26(38)36(14-21(19)29)25(10-16-4-2-1-3-5-16)27-32-22-8-7-18(41(30,39)40)12-23(22)33-27/h1-9,11-15,25H,10H2,(H,32,33)(H2,30,39,40). The molecular weight excluding hydrogens is 571 g/mol. The van der Waals surface area contributed by atoms with Crippen molar-refractivity contribution in [1.82, 2.24) is 34.7 Å². The van der Waals surface area contributed by atoms with Gasteiger partial charge >= 0.3 is 0 Å². The van der Waals surface area contributed by atoms with Crippen LogP contribution in [0.5, 0.6) is 0 Å². The Hall–Kier alpha value is -4.72. The smallest absolute Gasteiger partial charge is 0.252 e. The number of H-pyrrole nitrogens is 1. The number of tetrazole rings is 1. The van der Waals surface area contributed by atoms with Gasteiger partial charge in [0, 0.05) is 34.8 Å². The van der Waals surface area contributed by atoms with Crippen molar-refractivity contribution in [3.8, 4) is 16.8 Å². The summed E-state index contributed by atoms with van der Waals surface area (Å²) in [6.07, 6.45) is 2.76. The summed E-state index contributed by atoms with van der Waals surface area (Å²) in [5, 5.41) is 16.8. The molecule has 6 rings (SSSR count). The Kier molecular flexibility index (Phi) is 6.69. The lowest BCUT2D eigenvalue weighted by Gasteiger charge is -2.19. The summed E-state index contributed by atoms with van der Waals surface area (Å²) in [7, 11) is -3.95. The molecule has 1 atom stereocenters. The third-order valence-corrected chi connectivity index (χ3v) is 7.75. The van der Waals surface area contributed by atoms with E-state index < -0.39 is 27.4 Å². The molecule has 0 radical (unpaired) electrons. The van der Waals surface area contributed by atoms with Crippen molar-refractivity contribution in [2.75, 3.05) is 0 Å². The van der Waals surface area contributed by atoms with Gasteiger partial charge in [-0.05, 0) is 52.4 Å². The number of rotatable bonds is 7. The second-order valence-corrected chi connectivity index (χ2v) is 11.2. The van der Waals surface area contributed by atoms with Crippen LogP contribution in [0.1, 0.15) is 17.4 Å². The zero-order valence-electron chi connectivity index (χ0n) is 21.0. The predicted octanol–water partition coefficient (Wildman–Crippen LogP) is 3.64. The van der Waals surface area contributed by atoms with Crippen molar-refractivity contribution in [2.24, 2.45) is 5.14 Å². The second kappa shape index (κ2) is 10.4. The van der Waals surface area contributed by atoms with Gasteiger partial charge in [0.25, 0.3) is 5.56 Å². The number of sulfonamides is 1.